The second-order valence-corrected chi connectivity index (χ2v) is 5.92. The summed E-state index contributed by atoms with van der Waals surface area (Å²) in [5, 5.41) is 12.5. The van der Waals surface area contributed by atoms with Crippen LogP contribution < -0.4 is 5.32 Å². The average Bonchev–Trinajstić information content (AvgIpc) is 2.45. The molecule has 0 saturated carbocycles. The minimum Gasteiger partial charge on any atom is -0.507 e. The lowest BCUT2D eigenvalue weighted by atomic mass is 10.0. The van der Waals surface area contributed by atoms with E-state index in [1.807, 2.05) is 19.1 Å². The first-order chi connectivity index (χ1) is 10.1. The van der Waals surface area contributed by atoms with Crippen molar-refractivity contribution in [2.24, 2.45) is 5.92 Å². The lowest BCUT2D eigenvalue weighted by molar-refractivity contribution is 0.0945. The number of amides is 1. The van der Waals surface area contributed by atoms with Crippen molar-refractivity contribution in [3.8, 4) is 5.75 Å². The van der Waals surface area contributed by atoms with Gasteiger partial charge in [0.2, 0.25) is 0 Å². The molecular formula is C16H17BrN2O2. The van der Waals surface area contributed by atoms with Crippen molar-refractivity contribution in [1.82, 2.24) is 10.3 Å². The van der Waals surface area contributed by atoms with Crippen LogP contribution in [0.25, 0.3) is 0 Å². The number of carbonyl (C=O) groups excluding carboxylic acids is 1. The van der Waals surface area contributed by atoms with Crippen LogP contribution in [0.1, 0.15) is 23.0 Å². The summed E-state index contributed by atoms with van der Waals surface area (Å²) in [7, 11) is 0. The summed E-state index contributed by atoms with van der Waals surface area (Å²) in [4.78, 5) is 16.3. The van der Waals surface area contributed by atoms with E-state index < -0.39 is 0 Å². The Bertz CT molecular complexity index is 631. The van der Waals surface area contributed by atoms with Gasteiger partial charge in [0, 0.05) is 22.9 Å². The maximum atomic E-state index is 12.0. The van der Waals surface area contributed by atoms with Crippen LogP contribution in [0.2, 0.25) is 0 Å². The summed E-state index contributed by atoms with van der Waals surface area (Å²) in [5.74, 6) is -0.0138. The van der Waals surface area contributed by atoms with Gasteiger partial charge in [-0.15, -0.1) is 0 Å². The predicted octanol–water partition coefficient (Wildman–Crippen LogP) is 3.16. The molecule has 5 heteroatoms. The van der Waals surface area contributed by atoms with E-state index in [0.29, 0.717) is 12.1 Å². The fraction of sp³-hybridized carbons (Fsp3) is 0.250. The van der Waals surface area contributed by atoms with E-state index in [9.17, 15) is 9.90 Å². The van der Waals surface area contributed by atoms with E-state index in [1.54, 1.807) is 24.4 Å². The fourth-order valence-corrected chi connectivity index (χ4v) is 2.40. The summed E-state index contributed by atoms with van der Waals surface area (Å²) in [6.45, 7) is 2.58. The van der Waals surface area contributed by atoms with Crippen molar-refractivity contribution in [3.05, 3.63) is 58.3 Å². The van der Waals surface area contributed by atoms with Crippen molar-refractivity contribution in [3.63, 3.8) is 0 Å². The van der Waals surface area contributed by atoms with Gasteiger partial charge in [-0.05, 0) is 36.6 Å². The molecular weight excluding hydrogens is 332 g/mol. The zero-order valence-corrected chi connectivity index (χ0v) is 13.3. The molecule has 1 heterocycles. The molecule has 2 aromatic rings. The Labute approximate surface area is 132 Å². The number of para-hydroxylation sites is 1. The van der Waals surface area contributed by atoms with Crippen molar-refractivity contribution >= 4 is 21.8 Å². The molecule has 0 spiro atoms. The van der Waals surface area contributed by atoms with Crippen molar-refractivity contribution in [2.45, 2.75) is 13.3 Å². The second-order valence-electron chi connectivity index (χ2n) is 5.00. The number of benzene rings is 1. The third kappa shape index (κ3) is 4.56. The quantitative estimate of drug-likeness (QED) is 0.872. The van der Waals surface area contributed by atoms with Crippen LogP contribution in [-0.2, 0) is 6.42 Å². The molecule has 0 bridgehead atoms. The number of aromatic nitrogens is 1. The highest BCUT2D eigenvalue weighted by Gasteiger charge is 2.12. The zero-order valence-electron chi connectivity index (χ0n) is 11.7. The number of nitrogens with one attached hydrogen (secondary N) is 1. The Kier molecular flexibility index (Phi) is 5.33. The van der Waals surface area contributed by atoms with Crippen molar-refractivity contribution in [2.75, 3.05) is 6.54 Å². The van der Waals surface area contributed by atoms with E-state index >= 15 is 0 Å². The number of pyridine rings is 1. The highest BCUT2D eigenvalue weighted by molar-refractivity contribution is 9.10. The van der Waals surface area contributed by atoms with E-state index in [4.69, 9.17) is 0 Å². The number of phenolic OH excluding ortho intramolecular Hbond substituents is 1. The topological polar surface area (TPSA) is 62.2 Å². The molecule has 2 N–H and O–H groups in total. The Morgan fingerprint density at radius 1 is 1.38 bits per heavy atom. The third-order valence-corrected chi connectivity index (χ3v) is 3.59. The number of carbonyl (C=O) groups is 1. The summed E-state index contributed by atoms with van der Waals surface area (Å²) in [5.41, 5.74) is 1.28. The molecule has 1 aromatic heterocycles. The maximum absolute atomic E-state index is 12.0. The third-order valence-electron chi connectivity index (χ3n) is 3.10. The van der Waals surface area contributed by atoms with E-state index in [-0.39, 0.29) is 17.6 Å². The number of phenols is 1. The van der Waals surface area contributed by atoms with Gasteiger partial charge in [0.1, 0.15) is 5.75 Å². The number of hydrogen-bond acceptors (Lipinski definition) is 3. The summed E-state index contributed by atoms with van der Waals surface area (Å²) >= 11 is 3.42. The Morgan fingerprint density at radius 2 is 2.14 bits per heavy atom. The molecule has 0 aliphatic carbocycles. The summed E-state index contributed by atoms with van der Waals surface area (Å²) in [6.07, 6.45) is 2.53. The molecule has 1 unspecified atom stereocenters. The number of halogens is 1. The molecule has 1 amide bonds. The Morgan fingerprint density at radius 3 is 2.86 bits per heavy atom. The summed E-state index contributed by atoms with van der Waals surface area (Å²) in [6, 6.07) is 10.4. The first-order valence-corrected chi connectivity index (χ1v) is 7.52. The van der Waals surface area contributed by atoms with Crippen LogP contribution in [0.4, 0.5) is 0 Å². The second kappa shape index (κ2) is 7.22. The maximum Gasteiger partial charge on any atom is 0.255 e. The van der Waals surface area contributed by atoms with Crippen LogP contribution in [-0.4, -0.2) is 22.5 Å². The molecule has 110 valence electrons. The molecule has 0 saturated heterocycles. The van der Waals surface area contributed by atoms with Crippen LogP contribution in [0, 0.1) is 5.92 Å². The van der Waals surface area contributed by atoms with Crippen molar-refractivity contribution in [1.29, 1.82) is 0 Å². The smallest absolute Gasteiger partial charge is 0.255 e. The van der Waals surface area contributed by atoms with Gasteiger partial charge in [0.25, 0.3) is 5.91 Å². The SMILES string of the molecule is CC(CNC(=O)c1ccccc1O)Cc1cc(Br)ccn1. The zero-order chi connectivity index (χ0) is 15.2. The minimum absolute atomic E-state index is 0.00342. The monoisotopic (exact) mass is 348 g/mol. The molecule has 21 heavy (non-hydrogen) atoms. The normalized spacial score (nSPS) is 11.9. The minimum atomic E-state index is -0.262. The van der Waals surface area contributed by atoms with Crippen molar-refractivity contribution < 1.29 is 9.90 Å². The van der Waals surface area contributed by atoms with Gasteiger partial charge >= 0.3 is 0 Å². The van der Waals surface area contributed by atoms with Gasteiger partial charge in [-0.1, -0.05) is 35.0 Å². The largest absolute Gasteiger partial charge is 0.507 e. The highest BCUT2D eigenvalue weighted by atomic mass is 79.9. The van der Waals surface area contributed by atoms with Gasteiger partial charge in [0.15, 0.2) is 0 Å². The fourth-order valence-electron chi connectivity index (χ4n) is 2.02. The van der Waals surface area contributed by atoms with E-state index in [1.165, 1.54) is 6.07 Å². The first-order valence-electron chi connectivity index (χ1n) is 6.73. The van der Waals surface area contributed by atoms with E-state index in [0.717, 1.165) is 16.6 Å². The van der Waals surface area contributed by atoms with Gasteiger partial charge in [-0.25, -0.2) is 0 Å². The average molecular weight is 349 g/mol. The lowest BCUT2D eigenvalue weighted by Crippen LogP contribution is -2.29. The van der Waals surface area contributed by atoms with Crippen LogP contribution >= 0.6 is 15.9 Å². The van der Waals surface area contributed by atoms with Crippen LogP contribution in [0.5, 0.6) is 5.75 Å². The van der Waals surface area contributed by atoms with Gasteiger partial charge in [-0.3, -0.25) is 9.78 Å². The Hall–Kier alpha value is -1.88. The molecule has 4 nitrogen and oxygen atoms in total. The Balaban J connectivity index is 1.88. The van der Waals surface area contributed by atoms with Gasteiger partial charge < -0.3 is 10.4 Å². The molecule has 0 radical (unpaired) electrons. The van der Waals surface area contributed by atoms with Gasteiger partial charge in [-0.2, -0.15) is 0 Å². The van der Waals surface area contributed by atoms with Crippen LogP contribution in [0.15, 0.2) is 47.1 Å². The molecule has 0 aliphatic heterocycles. The summed E-state index contributed by atoms with van der Waals surface area (Å²) < 4.78 is 0.998. The lowest BCUT2D eigenvalue weighted by Gasteiger charge is -2.13. The standard InChI is InChI=1S/C16H17BrN2O2/c1-11(8-13-9-12(17)6-7-18-13)10-19-16(21)14-4-2-3-5-15(14)20/h2-7,9,11,20H,8,10H2,1H3,(H,19,21). The number of aromatic hydroxyl groups is 1. The number of rotatable bonds is 5. The first kappa shape index (κ1) is 15.5. The highest BCUT2D eigenvalue weighted by Crippen LogP contribution is 2.16. The van der Waals surface area contributed by atoms with E-state index in [2.05, 4.69) is 26.2 Å². The van der Waals surface area contributed by atoms with Crippen LogP contribution in [0.3, 0.4) is 0 Å². The molecule has 0 fully saturated rings. The molecule has 1 atom stereocenters. The number of nitrogens with zero attached hydrogens (tertiary/aromatic N) is 1. The molecule has 1 aromatic carbocycles. The number of hydrogen-bond donors (Lipinski definition) is 2. The molecule has 0 aliphatic rings. The predicted molar refractivity (Wildman–Crippen MR) is 85.2 cm³/mol. The van der Waals surface area contributed by atoms with Gasteiger partial charge in [0.05, 0.1) is 5.56 Å². The molecule has 2 rings (SSSR count).